The number of benzene rings is 4. The number of hydrogen-bond acceptors (Lipinski definition) is 18. The van der Waals surface area contributed by atoms with Crippen molar-refractivity contribution in [2.24, 2.45) is 0 Å². The van der Waals surface area contributed by atoms with Gasteiger partial charge >= 0.3 is 0 Å². The third kappa shape index (κ3) is 15.7. The van der Waals surface area contributed by atoms with Crippen molar-refractivity contribution in [3.05, 3.63) is 124 Å². The van der Waals surface area contributed by atoms with Crippen molar-refractivity contribution in [2.45, 2.75) is 63.7 Å². The van der Waals surface area contributed by atoms with Crippen LogP contribution in [-0.2, 0) is 62.3 Å². The van der Waals surface area contributed by atoms with Crippen LogP contribution in [0, 0.1) is 11.6 Å². The highest BCUT2D eigenvalue weighted by Gasteiger charge is 2.45. The average Bonchev–Trinajstić information content (AvgIpc) is 3.75. The SMILES string of the molecule is O=C1CCC(N2C(=O)c3cccc(NCc4cn(CCOCCOCCOCCOCCOCCC(=O)N5CCN(c6ccc(C(=O)Nc7n[nH]c8ccc(Cc9cc(F)cc(F)c9)cc78)c(NC7CCOCC7)c6)CC5)nn4)c3C2=O)C(=O)N1. The number of fused-ring (bicyclic) bond motifs is 2. The molecule has 0 radical (unpaired) electrons. The summed E-state index contributed by atoms with van der Waals surface area (Å²) in [5.41, 5.74) is 5.39. The summed E-state index contributed by atoms with van der Waals surface area (Å²) in [6, 6.07) is 18.6. The molecular formula is C59H68F2N12O12. The molecule has 4 aliphatic rings. The van der Waals surface area contributed by atoms with Crippen LogP contribution in [0.15, 0.2) is 79.0 Å². The van der Waals surface area contributed by atoms with Gasteiger partial charge in [0.1, 0.15) is 23.4 Å². The lowest BCUT2D eigenvalue weighted by Crippen LogP contribution is -2.54. The van der Waals surface area contributed by atoms with Crippen molar-refractivity contribution in [1.29, 1.82) is 0 Å². The molecule has 6 amide bonds. The van der Waals surface area contributed by atoms with Crippen LogP contribution in [0.2, 0.25) is 0 Å². The Balaban J connectivity index is 0.555. The van der Waals surface area contributed by atoms with Crippen LogP contribution in [0.4, 0.5) is 31.7 Å². The van der Waals surface area contributed by atoms with Crippen molar-refractivity contribution < 1.29 is 66.0 Å². The number of nitrogens with zero attached hydrogens (tertiary/aromatic N) is 7. The van der Waals surface area contributed by atoms with Crippen molar-refractivity contribution in [3.63, 3.8) is 0 Å². The second-order valence-electron chi connectivity index (χ2n) is 20.8. The van der Waals surface area contributed by atoms with E-state index < -0.39 is 41.3 Å². The molecule has 0 bridgehead atoms. The molecule has 5 N–H and O–H groups in total. The number of H-pyrrole nitrogens is 1. The van der Waals surface area contributed by atoms with Crippen molar-refractivity contribution in [2.75, 3.05) is 126 Å². The third-order valence-electron chi connectivity index (χ3n) is 14.9. The molecule has 0 spiro atoms. The summed E-state index contributed by atoms with van der Waals surface area (Å²) < 4.78 is 63.2. The van der Waals surface area contributed by atoms with Gasteiger partial charge in [-0.1, -0.05) is 17.3 Å². The Kier molecular flexibility index (Phi) is 20.4. The number of halogens is 2. The molecule has 1 unspecified atom stereocenters. The van der Waals surface area contributed by atoms with Crippen LogP contribution >= 0.6 is 0 Å². The van der Waals surface area contributed by atoms with Crippen molar-refractivity contribution >= 4 is 69.2 Å². The van der Waals surface area contributed by atoms with Crippen LogP contribution in [-0.4, -0.2) is 188 Å². The number of anilines is 4. The van der Waals surface area contributed by atoms with E-state index in [0.29, 0.717) is 157 Å². The molecule has 85 heavy (non-hydrogen) atoms. The lowest BCUT2D eigenvalue weighted by atomic mass is 10.0. The minimum Gasteiger partial charge on any atom is -0.381 e. The molecule has 24 nitrogen and oxygen atoms in total. The van der Waals surface area contributed by atoms with Crippen molar-refractivity contribution in [3.8, 4) is 0 Å². The van der Waals surface area contributed by atoms with Gasteiger partial charge in [-0.25, -0.2) is 13.5 Å². The van der Waals surface area contributed by atoms with E-state index in [9.17, 15) is 37.5 Å². The maximum Gasteiger partial charge on any atom is 0.264 e. The summed E-state index contributed by atoms with van der Waals surface area (Å²) in [7, 11) is 0. The van der Waals surface area contributed by atoms with Crippen LogP contribution in [0.25, 0.3) is 10.9 Å². The van der Waals surface area contributed by atoms with Gasteiger partial charge in [0.25, 0.3) is 17.7 Å². The zero-order chi connectivity index (χ0) is 59.1. The predicted molar refractivity (Wildman–Crippen MR) is 305 cm³/mol. The Morgan fingerprint density at radius 1 is 0.729 bits per heavy atom. The smallest absolute Gasteiger partial charge is 0.264 e. The number of carbonyl (C=O) groups excluding carboxylic acids is 6. The highest BCUT2D eigenvalue weighted by molar-refractivity contribution is 6.25. The molecule has 6 heterocycles. The minimum absolute atomic E-state index is 0.0179. The molecule has 4 aliphatic heterocycles. The maximum absolute atomic E-state index is 14.0. The van der Waals surface area contributed by atoms with E-state index in [1.807, 2.05) is 35.2 Å². The Morgan fingerprint density at radius 3 is 2.15 bits per heavy atom. The summed E-state index contributed by atoms with van der Waals surface area (Å²) in [4.78, 5) is 82.7. The van der Waals surface area contributed by atoms with E-state index in [2.05, 4.69) is 46.7 Å². The second-order valence-corrected chi connectivity index (χ2v) is 20.8. The molecule has 10 rings (SSSR count). The van der Waals surface area contributed by atoms with E-state index in [0.717, 1.165) is 35.1 Å². The summed E-state index contributed by atoms with van der Waals surface area (Å²) in [6.45, 7) is 7.88. The second kappa shape index (κ2) is 29.0. The monoisotopic (exact) mass is 1170 g/mol. The Labute approximate surface area is 488 Å². The molecule has 26 heteroatoms. The van der Waals surface area contributed by atoms with E-state index in [1.165, 1.54) is 18.2 Å². The molecule has 0 aliphatic carbocycles. The Hall–Kier alpha value is -8.27. The Morgan fingerprint density at radius 2 is 1.44 bits per heavy atom. The van der Waals surface area contributed by atoms with Crippen LogP contribution in [0.5, 0.6) is 0 Å². The number of aromatic amines is 1. The Bertz CT molecular complexity index is 3330. The van der Waals surface area contributed by atoms with E-state index in [4.69, 9.17) is 28.4 Å². The number of nitrogens with one attached hydrogen (secondary N) is 5. The largest absolute Gasteiger partial charge is 0.381 e. The normalized spacial score (nSPS) is 16.5. The molecular weight excluding hydrogens is 1110 g/mol. The number of piperidine rings is 1. The number of rotatable bonds is 29. The van der Waals surface area contributed by atoms with E-state index in [1.54, 1.807) is 29.1 Å². The van der Waals surface area contributed by atoms with Gasteiger partial charge in [0.2, 0.25) is 17.7 Å². The fourth-order valence-electron chi connectivity index (χ4n) is 10.5. The molecule has 3 fully saturated rings. The number of imide groups is 2. The van der Waals surface area contributed by atoms with Gasteiger partial charge < -0.3 is 54.2 Å². The van der Waals surface area contributed by atoms with Crippen LogP contribution in [0.1, 0.15) is 80.0 Å². The van der Waals surface area contributed by atoms with Gasteiger partial charge in [-0.3, -0.25) is 44.1 Å². The average molecular weight is 1180 g/mol. The summed E-state index contributed by atoms with van der Waals surface area (Å²) in [5, 5.41) is 28.3. The zero-order valence-electron chi connectivity index (χ0n) is 46.9. The lowest BCUT2D eigenvalue weighted by molar-refractivity contribution is -0.136. The molecule has 4 aromatic carbocycles. The first-order valence-electron chi connectivity index (χ1n) is 28.5. The zero-order valence-corrected chi connectivity index (χ0v) is 46.9. The van der Waals surface area contributed by atoms with Crippen LogP contribution < -0.4 is 26.2 Å². The standard InChI is InChI=1S/C59H68F2N12O12/c60-40-31-39(32-41(61)34-40)30-38-4-7-48-47(33-38)55(68-67-48)65-56(76)45-6-5-44(35-50(45)63-42-10-18-80-19-11-42)70-13-15-71(16-14-70)53(75)12-20-81-22-24-83-26-28-85-29-27-84-25-23-82-21-17-72-37-43(66-69-72)36-62-49-3-1-2-46-54(49)59(79)73(58(46)78)51-8-9-52(74)64-57(51)77/h1-7,31-35,37,42,51,62-63H,8-30,36H2,(H,64,74,77)(H2,65,67,68,76). The highest BCUT2D eigenvalue weighted by Crippen LogP contribution is 2.34. The quantitative estimate of drug-likeness (QED) is 0.0314. The number of carbonyl (C=O) groups is 6. The molecule has 450 valence electrons. The van der Waals surface area contributed by atoms with Crippen molar-refractivity contribution in [1.82, 2.24) is 40.3 Å². The number of amides is 6. The molecule has 3 saturated heterocycles. The first-order chi connectivity index (χ1) is 41.4. The summed E-state index contributed by atoms with van der Waals surface area (Å²) in [6.07, 6.45) is 3.98. The molecule has 2 aromatic heterocycles. The lowest BCUT2D eigenvalue weighted by Gasteiger charge is -2.36. The molecule has 0 saturated carbocycles. The number of piperazine rings is 1. The van der Waals surface area contributed by atoms with Gasteiger partial charge in [-0.05, 0) is 91.4 Å². The van der Waals surface area contributed by atoms with Gasteiger partial charge in [0.05, 0.1) is 114 Å². The highest BCUT2D eigenvalue weighted by atomic mass is 19.1. The number of hydrogen-bond donors (Lipinski definition) is 5. The van der Waals surface area contributed by atoms with Gasteiger partial charge in [0.15, 0.2) is 5.82 Å². The first kappa shape index (κ1) is 59.9. The topological polar surface area (TPSA) is 275 Å². The summed E-state index contributed by atoms with van der Waals surface area (Å²) >= 11 is 0. The predicted octanol–water partition coefficient (Wildman–Crippen LogP) is 4.70. The third-order valence-corrected chi connectivity index (χ3v) is 14.9. The van der Waals surface area contributed by atoms with Gasteiger partial charge in [0, 0.05) is 80.4 Å². The fourth-order valence-corrected chi connectivity index (χ4v) is 10.5. The van der Waals surface area contributed by atoms with Gasteiger partial charge in [-0.2, -0.15) is 5.10 Å². The van der Waals surface area contributed by atoms with Crippen LogP contribution in [0.3, 0.4) is 0 Å². The first-order valence-corrected chi connectivity index (χ1v) is 28.5. The number of aromatic nitrogens is 5. The fraction of sp³-hybridized carbons (Fsp3) is 0.441. The van der Waals surface area contributed by atoms with Gasteiger partial charge in [-0.15, -0.1) is 5.10 Å². The number of ether oxygens (including phenoxy) is 6. The van der Waals surface area contributed by atoms with E-state index in [-0.39, 0.29) is 61.4 Å². The summed E-state index contributed by atoms with van der Waals surface area (Å²) in [5.74, 6) is -3.57. The minimum atomic E-state index is -1.05. The molecule has 1 atom stereocenters. The maximum atomic E-state index is 14.0. The molecule has 6 aromatic rings. The van der Waals surface area contributed by atoms with E-state index >= 15 is 0 Å².